The van der Waals surface area contributed by atoms with Crippen molar-refractivity contribution in [3.05, 3.63) is 29.8 Å². The van der Waals surface area contributed by atoms with E-state index in [4.69, 9.17) is 10.5 Å². The number of nitrogens with two attached hydrogens (primary N) is 1. The minimum atomic E-state index is -0.750. The number of rotatable bonds is 6. The number of benzene rings is 1. The number of ether oxygens (including phenoxy) is 1. The van der Waals surface area contributed by atoms with Gasteiger partial charge in [-0.25, -0.2) is 0 Å². The molecule has 2 unspecified atom stereocenters. The smallest absolute Gasteiger partial charge is 0.240 e. The molecular weight excluding hydrogens is 252 g/mol. The number of hydrogen-bond donors (Lipinski definition) is 2. The van der Waals surface area contributed by atoms with Crippen molar-refractivity contribution >= 4 is 5.91 Å². The summed E-state index contributed by atoms with van der Waals surface area (Å²) in [6, 6.07) is 7.73. The summed E-state index contributed by atoms with van der Waals surface area (Å²) in [4.78, 5) is 12.2. The van der Waals surface area contributed by atoms with E-state index in [1.54, 1.807) is 0 Å². The fourth-order valence-electron chi connectivity index (χ4n) is 2.32. The molecule has 0 saturated heterocycles. The number of carbonyl (C=O) groups is 1. The van der Waals surface area contributed by atoms with E-state index in [0.29, 0.717) is 12.5 Å². The molecule has 4 heteroatoms. The number of nitrogens with one attached hydrogen (secondary N) is 1. The van der Waals surface area contributed by atoms with E-state index < -0.39 is 5.54 Å². The zero-order valence-electron chi connectivity index (χ0n) is 12.5. The first-order valence-electron chi connectivity index (χ1n) is 7.27. The van der Waals surface area contributed by atoms with Crippen molar-refractivity contribution in [3.63, 3.8) is 0 Å². The maximum atomic E-state index is 12.2. The Morgan fingerprint density at radius 1 is 1.45 bits per heavy atom. The van der Waals surface area contributed by atoms with Crippen LogP contribution in [-0.4, -0.2) is 18.1 Å². The highest BCUT2D eigenvalue weighted by atomic mass is 16.5. The Morgan fingerprint density at radius 2 is 2.05 bits per heavy atom. The minimum Gasteiger partial charge on any atom is -0.494 e. The van der Waals surface area contributed by atoms with Gasteiger partial charge < -0.3 is 15.8 Å². The Balaban J connectivity index is 1.97. The van der Waals surface area contributed by atoms with E-state index in [1.807, 2.05) is 45.0 Å². The van der Waals surface area contributed by atoms with Gasteiger partial charge in [0.1, 0.15) is 5.75 Å². The van der Waals surface area contributed by atoms with Crippen LogP contribution in [0.2, 0.25) is 0 Å². The predicted molar refractivity (Wildman–Crippen MR) is 79.5 cm³/mol. The van der Waals surface area contributed by atoms with Crippen molar-refractivity contribution in [2.45, 2.75) is 45.2 Å². The summed E-state index contributed by atoms with van der Waals surface area (Å²) in [5.41, 5.74) is 6.42. The van der Waals surface area contributed by atoms with Crippen molar-refractivity contribution in [1.82, 2.24) is 5.32 Å². The van der Waals surface area contributed by atoms with E-state index in [9.17, 15) is 4.79 Å². The largest absolute Gasteiger partial charge is 0.494 e. The summed E-state index contributed by atoms with van der Waals surface area (Å²) in [6.45, 7) is 6.40. The van der Waals surface area contributed by atoms with Gasteiger partial charge in [0.15, 0.2) is 0 Å². The first-order chi connectivity index (χ1) is 9.45. The quantitative estimate of drug-likeness (QED) is 0.838. The maximum absolute atomic E-state index is 12.2. The highest BCUT2D eigenvalue weighted by Crippen LogP contribution is 2.38. The van der Waals surface area contributed by atoms with Gasteiger partial charge in [-0.05, 0) is 57.2 Å². The van der Waals surface area contributed by atoms with Crippen molar-refractivity contribution < 1.29 is 9.53 Å². The van der Waals surface area contributed by atoms with Crippen LogP contribution in [0.1, 0.15) is 45.2 Å². The summed E-state index contributed by atoms with van der Waals surface area (Å²) in [5, 5.41) is 3.00. The molecule has 1 aromatic rings. The molecule has 1 aromatic carbocycles. The molecule has 1 amide bonds. The fraction of sp³-hybridized carbons (Fsp3) is 0.562. The molecule has 2 atom stereocenters. The molecule has 0 bridgehead atoms. The molecule has 3 N–H and O–H groups in total. The highest BCUT2D eigenvalue weighted by molar-refractivity contribution is 5.86. The molecule has 1 fully saturated rings. The lowest BCUT2D eigenvalue weighted by Gasteiger charge is -2.26. The third kappa shape index (κ3) is 3.31. The summed E-state index contributed by atoms with van der Waals surface area (Å²) in [6.07, 6.45) is 2.11. The molecule has 0 radical (unpaired) electrons. The van der Waals surface area contributed by atoms with E-state index in [-0.39, 0.29) is 11.9 Å². The third-order valence-corrected chi connectivity index (χ3v) is 3.95. The Labute approximate surface area is 120 Å². The van der Waals surface area contributed by atoms with Gasteiger partial charge in [0.25, 0.3) is 0 Å². The lowest BCUT2D eigenvalue weighted by atomic mass is 9.95. The monoisotopic (exact) mass is 276 g/mol. The topological polar surface area (TPSA) is 64.3 Å². The molecule has 2 rings (SSSR count). The molecule has 4 nitrogen and oxygen atoms in total. The highest BCUT2D eigenvalue weighted by Gasteiger charge is 2.44. The zero-order valence-corrected chi connectivity index (χ0v) is 12.5. The van der Waals surface area contributed by atoms with Crippen LogP contribution in [0.5, 0.6) is 5.75 Å². The minimum absolute atomic E-state index is 0.0557. The van der Waals surface area contributed by atoms with Gasteiger partial charge in [0.05, 0.1) is 18.2 Å². The first kappa shape index (κ1) is 14.9. The molecule has 0 heterocycles. The molecule has 0 aliphatic heterocycles. The van der Waals surface area contributed by atoms with Crippen LogP contribution in [0.25, 0.3) is 0 Å². The molecule has 0 spiro atoms. The van der Waals surface area contributed by atoms with Crippen molar-refractivity contribution in [1.29, 1.82) is 0 Å². The van der Waals surface area contributed by atoms with Crippen LogP contribution in [0.15, 0.2) is 24.3 Å². The summed E-state index contributed by atoms with van der Waals surface area (Å²) in [5.74, 6) is 1.10. The van der Waals surface area contributed by atoms with Crippen LogP contribution in [0.3, 0.4) is 0 Å². The van der Waals surface area contributed by atoms with E-state index in [0.717, 1.165) is 24.2 Å². The Hall–Kier alpha value is -1.55. The first-order valence-corrected chi connectivity index (χ1v) is 7.27. The molecule has 0 aromatic heterocycles. The van der Waals surface area contributed by atoms with Crippen molar-refractivity contribution in [3.8, 4) is 5.75 Å². The van der Waals surface area contributed by atoms with Crippen molar-refractivity contribution in [2.75, 3.05) is 6.61 Å². The van der Waals surface area contributed by atoms with Crippen LogP contribution in [0.4, 0.5) is 0 Å². The van der Waals surface area contributed by atoms with Gasteiger partial charge >= 0.3 is 0 Å². The normalized spacial score (nSPS) is 19.0. The van der Waals surface area contributed by atoms with Crippen LogP contribution in [-0.2, 0) is 4.79 Å². The lowest BCUT2D eigenvalue weighted by Crippen LogP contribution is -2.53. The van der Waals surface area contributed by atoms with Crippen LogP contribution in [0, 0.1) is 5.92 Å². The van der Waals surface area contributed by atoms with Gasteiger partial charge in [-0.3, -0.25) is 4.79 Å². The van der Waals surface area contributed by atoms with E-state index >= 15 is 0 Å². The predicted octanol–water partition coefficient (Wildman–Crippen LogP) is 2.39. The average Bonchev–Trinajstić information content (AvgIpc) is 3.24. The standard InChI is InChI=1S/C16H24N2O2/c1-4-20-14-9-5-12(6-10-14)11(2)18-15(19)16(3,17)13-7-8-13/h5-6,9-11,13H,4,7-8,17H2,1-3H3,(H,18,19). The van der Waals surface area contributed by atoms with Crippen molar-refractivity contribution in [2.24, 2.45) is 11.7 Å². The average molecular weight is 276 g/mol. The molecule has 1 saturated carbocycles. The molecule has 1 aliphatic carbocycles. The molecular formula is C16H24N2O2. The SMILES string of the molecule is CCOc1ccc(C(C)NC(=O)C(C)(N)C2CC2)cc1. The van der Waals surface area contributed by atoms with Crippen LogP contribution >= 0.6 is 0 Å². The molecule has 110 valence electrons. The van der Waals surface area contributed by atoms with Gasteiger partial charge in [0, 0.05) is 0 Å². The van der Waals surface area contributed by atoms with Gasteiger partial charge in [0.2, 0.25) is 5.91 Å². The molecule has 1 aliphatic rings. The number of hydrogen-bond acceptors (Lipinski definition) is 3. The number of amides is 1. The Kier molecular flexibility index (Phi) is 4.33. The second kappa shape index (κ2) is 5.83. The maximum Gasteiger partial charge on any atom is 0.240 e. The number of carbonyl (C=O) groups excluding carboxylic acids is 1. The van der Waals surface area contributed by atoms with Gasteiger partial charge in [-0.15, -0.1) is 0 Å². The fourth-order valence-corrected chi connectivity index (χ4v) is 2.32. The van der Waals surface area contributed by atoms with Crippen LogP contribution < -0.4 is 15.8 Å². The molecule has 20 heavy (non-hydrogen) atoms. The van der Waals surface area contributed by atoms with Gasteiger partial charge in [-0.2, -0.15) is 0 Å². The Bertz CT molecular complexity index is 464. The van der Waals surface area contributed by atoms with E-state index in [2.05, 4.69) is 5.32 Å². The Morgan fingerprint density at radius 3 is 2.55 bits per heavy atom. The van der Waals surface area contributed by atoms with E-state index in [1.165, 1.54) is 0 Å². The summed E-state index contributed by atoms with van der Waals surface area (Å²) >= 11 is 0. The second-order valence-electron chi connectivity index (χ2n) is 5.75. The third-order valence-electron chi connectivity index (χ3n) is 3.95. The second-order valence-corrected chi connectivity index (χ2v) is 5.75. The lowest BCUT2D eigenvalue weighted by molar-refractivity contribution is -0.127. The van der Waals surface area contributed by atoms with Gasteiger partial charge in [-0.1, -0.05) is 12.1 Å². The summed E-state index contributed by atoms with van der Waals surface area (Å²) in [7, 11) is 0. The zero-order chi connectivity index (χ0) is 14.8. The summed E-state index contributed by atoms with van der Waals surface area (Å²) < 4.78 is 5.41.